The number of aromatic nitrogens is 4. The fourth-order valence-electron chi connectivity index (χ4n) is 4.33. The van der Waals surface area contributed by atoms with Crippen LogP contribution < -0.4 is 9.47 Å². The Morgan fingerprint density at radius 1 is 1.29 bits per heavy atom. The van der Waals surface area contributed by atoms with E-state index < -0.39 is 6.10 Å². The molecule has 0 fully saturated rings. The van der Waals surface area contributed by atoms with Crippen LogP contribution in [0.4, 0.5) is 0 Å². The van der Waals surface area contributed by atoms with Gasteiger partial charge in [-0.2, -0.15) is 5.10 Å². The van der Waals surface area contributed by atoms with E-state index in [0.29, 0.717) is 25.5 Å². The lowest BCUT2D eigenvalue weighted by molar-refractivity contribution is 0.142. The molecule has 2 atom stereocenters. The lowest BCUT2D eigenvalue weighted by Crippen LogP contribution is -2.32. The van der Waals surface area contributed by atoms with E-state index in [1.165, 1.54) is 0 Å². The molecule has 1 N–H and O–H groups in total. The third-order valence-electron chi connectivity index (χ3n) is 5.77. The third-order valence-corrected chi connectivity index (χ3v) is 5.77. The zero-order valence-electron chi connectivity index (χ0n) is 21.7. The minimum absolute atomic E-state index is 0.0964. The second-order valence-electron chi connectivity index (χ2n) is 9.12. The number of nitrogens with zero attached hydrogens (tertiary/aromatic N) is 6. The maximum absolute atomic E-state index is 10.0. The molecule has 2 unspecified atom stereocenters. The molecule has 0 radical (unpaired) electrons. The molecular formula is C25H38N6O3. The highest BCUT2D eigenvalue weighted by Crippen LogP contribution is 2.28. The van der Waals surface area contributed by atoms with Gasteiger partial charge in [-0.3, -0.25) is 14.6 Å². The van der Waals surface area contributed by atoms with Gasteiger partial charge < -0.3 is 14.6 Å². The fourth-order valence-corrected chi connectivity index (χ4v) is 4.33. The third kappa shape index (κ3) is 5.77. The van der Waals surface area contributed by atoms with E-state index in [2.05, 4.69) is 59.2 Å². The van der Waals surface area contributed by atoms with Crippen molar-refractivity contribution in [2.24, 2.45) is 12.0 Å². The summed E-state index contributed by atoms with van der Waals surface area (Å²) in [5, 5.41) is 19.2. The first-order valence-electron chi connectivity index (χ1n) is 11.7. The van der Waals surface area contributed by atoms with E-state index in [-0.39, 0.29) is 6.10 Å². The van der Waals surface area contributed by atoms with Crippen molar-refractivity contribution in [2.45, 2.75) is 59.4 Å². The number of aliphatic imine (C=N–C) groups is 1. The number of ether oxygens (including phenoxy) is 2. The van der Waals surface area contributed by atoms with Crippen LogP contribution in [0, 0.1) is 6.92 Å². The Kier molecular flexibility index (Phi) is 8.33. The number of rotatable bonds is 3. The van der Waals surface area contributed by atoms with Gasteiger partial charge in [-0.05, 0) is 47.2 Å². The second-order valence-corrected chi connectivity index (χ2v) is 9.12. The molecule has 1 aliphatic heterocycles. The Balaban J connectivity index is 2.09. The van der Waals surface area contributed by atoms with Gasteiger partial charge in [0.15, 0.2) is 0 Å². The van der Waals surface area contributed by atoms with Crippen molar-refractivity contribution < 1.29 is 14.6 Å². The molecule has 3 heterocycles. The molecule has 0 bridgehead atoms. The van der Waals surface area contributed by atoms with Crippen LogP contribution in [0.3, 0.4) is 0 Å². The molecule has 0 saturated heterocycles. The van der Waals surface area contributed by atoms with Gasteiger partial charge in [0.05, 0.1) is 48.0 Å². The number of hydrogen-bond donors (Lipinski definition) is 1. The summed E-state index contributed by atoms with van der Waals surface area (Å²) in [6, 6.07) is 0. The molecule has 0 aromatic carbocycles. The highest BCUT2D eigenvalue weighted by molar-refractivity contribution is 6.11. The van der Waals surface area contributed by atoms with E-state index in [4.69, 9.17) is 9.47 Å². The molecule has 34 heavy (non-hydrogen) atoms. The fraction of sp³-hybridized carbons (Fsp3) is 0.560. The van der Waals surface area contributed by atoms with Crippen LogP contribution in [0.25, 0.3) is 6.08 Å². The van der Waals surface area contributed by atoms with Crippen molar-refractivity contribution in [1.82, 2.24) is 24.5 Å². The summed E-state index contributed by atoms with van der Waals surface area (Å²) < 4.78 is 15.6. The first-order valence-corrected chi connectivity index (χ1v) is 11.7. The number of likely N-dealkylation sites (N-methyl/N-ethyl adjacent to an activating group) is 1. The summed E-state index contributed by atoms with van der Waals surface area (Å²) in [6.45, 7) is 9.60. The second kappa shape index (κ2) is 11.0. The van der Waals surface area contributed by atoms with Crippen molar-refractivity contribution in [3.63, 3.8) is 0 Å². The molecule has 2 aromatic rings. The van der Waals surface area contributed by atoms with Crippen molar-refractivity contribution in [2.75, 3.05) is 27.7 Å². The minimum atomic E-state index is -0.523. The summed E-state index contributed by atoms with van der Waals surface area (Å²) in [5.41, 5.74) is 5.74. The summed E-state index contributed by atoms with van der Waals surface area (Å²) in [7, 11) is 7.37. The van der Waals surface area contributed by atoms with Crippen molar-refractivity contribution >= 4 is 11.8 Å². The zero-order valence-corrected chi connectivity index (χ0v) is 21.7. The number of hydrogen-bond acceptors (Lipinski definition) is 7. The SMILES string of the molecule is CN=C1/C=C(\C)C/C=C/c2c(OC)nn(CC(C)O)c2CN(C)CC(C)Oc2c1c(C)nn2C. The van der Waals surface area contributed by atoms with Gasteiger partial charge in [0.2, 0.25) is 11.8 Å². The molecule has 9 nitrogen and oxygen atoms in total. The van der Waals surface area contributed by atoms with Crippen LogP contribution in [0.1, 0.15) is 49.7 Å². The average molecular weight is 471 g/mol. The highest BCUT2D eigenvalue weighted by atomic mass is 16.5. The van der Waals surface area contributed by atoms with Crippen LogP contribution in [-0.4, -0.2) is 75.2 Å². The number of aryl methyl sites for hydroxylation is 2. The Labute approximate surface area is 202 Å². The van der Waals surface area contributed by atoms with Gasteiger partial charge in [0.1, 0.15) is 6.10 Å². The Morgan fingerprint density at radius 2 is 2.03 bits per heavy atom. The first-order chi connectivity index (χ1) is 16.1. The molecule has 186 valence electrons. The largest absolute Gasteiger partial charge is 0.480 e. The Morgan fingerprint density at radius 3 is 2.68 bits per heavy atom. The molecule has 2 aromatic heterocycles. The van der Waals surface area contributed by atoms with E-state index in [9.17, 15) is 5.11 Å². The molecule has 0 amide bonds. The van der Waals surface area contributed by atoms with Crippen molar-refractivity contribution in [3.05, 3.63) is 40.2 Å². The number of aliphatic hydroxyl groups is 1. The van der Waals surface area contributed by atoms with Crippen LogP contribution in [-0.2, 0) is 20.1 Å². The number of fused-ring (bicyclic) bond motifs is 2. The summed E-state index contributed by atoms with van der Waals surface area (Å²) in [4.78, 5) is 6.74. The maximum atomic E-state index is 10.0. The summed E-state index contributed by atoms with van der Waals surface area (Å²) >= 11 is 0. The molecule has 3 rings (SSSR count). The van der Waals surface area contributed by atoms with Gasteiger partial charge in [-0.1, -0.05) is 17.7 Å². The average Bonchev–Trinajstić information content (AvgIpc) is 3.21. The van der Waals surface area contributed by atoms with Crippen LogP contribution in [0.2, 0.25) is 0 Å². The standard InChI is InChI=1S/C25H38N6O3/c1-16-10-9-11-20-22(31(13-17(2)32)28-24(20)33-8)15-29(6)14-18(3)34-25-23(21(12-16)26-5)19(4)27-30(25)7/h9,11-12,17-18,32H,10,13-15H2,1-8H3/b11-9+,16-12+,26-21?. The maximum Gasteiger partial charge on any atom is 0.240 e. The first kappa shape index (κ1) is 25.7. The van der Waals surface area contributed by atoms with Crippen LogP contribution in [0.15, 0.2) is 22.7 Å². The van der Waals surface area contributed by atoms with Gasteiger partial charge in [0, 0.05) is 27.2 Å². The van der Waals surface area contributed by atoms with Gasteiger partial charge >= 0.3 is 0 Å². The normalized spacial score (nSPS) is 22.6. The molecule has 9 heteroatoms. The van der Waals surface area contributed by atoms with Gasteiger partial charge in [0.25, 0.3) is 0 Å². The number of aliphatic hydroxyl groups excluding tert-OH is 1. The highest BCUT2D eigenvalue weighted by Gasteiger charge is 2.23. The topological polar surface area (TPSA) is 89.9 Å². The molecular weight excluding hydrogens is 432 g/mol. The van der Waals surface area contributed by atoms with Crippen LogP contribution >= 0.6 is 0 Å². The quantitative estimate of drug-likeness (QED) is 0.742. The number of allylic oxidation sites excluding steroid dienone is 3. The monoisotopic (exact) mass is 470 g/mol. The van der Waals surface area contributed by atoms with E-state index in [1.807, 2.05) is 18.7 Å². The van der Waals surface area contributed by atoms with E-state index >= 15 is 0 Å². The predicted octanol–water partition coefficient (Wildman–Crippen LogP) is 3.00. The molecule has 0 spiro atoms. The summed E-state index contributed by atoms with van der Waals surface area (Å²) in [6.07, 6.45) is 6.39. The Hall–Kier alpha value is -2.91. The minimum Gasteiger partial charge on any atom is -0.480 e. The van der Waals surface area contributed by atoms with Crippen molar-refractivity contribution in [1.29, 1.82) is 0 Å². The summed E-state index contributed by atoms with van der Waals surface area (Å²) in [5.74, 6) is 1.27. The van der Waals surface area contributed by atoms with Gasteiger partial charge in [-0.25, -0.2) is 4.68 Å². The predicted molar refractivity (Wildman–Crippen MR) is 135 cm³/mol. The molecule has 0 aliphatic carbocycles. The van der Waals surface area contributed by atoms with Crippen LogP contribution in [0.5, 0.6) is 11.8 Å². The molecule has 0 saturated carbocycles. The van der Waals surface area contributed by atoms with Crippen molar-refractivity contribution in [3.8, 4) is 11.8 Å². The lowest BCUT2D eigenvalue weighted by Gasteiger charge is -2.23. The van der Waals surface area contributed by atoms with E-state index in [0.717, 1.165) is 46.1 Å². The zero-order chi connectivity index (χ0) is 25.0. The lowest BCUT2D eigenvalue weighted by atomic mass is 10.1. The Bertz CT molecular complexity index is 1090. The van der Waals surface area contributed by atoms with Gasteiger partial charge in [-0.15, -0.1) is 5.10 Å². The van der Waals surface area contributed by atoms with E-state index in [1.54, 1.807) is 25.8 Å². The smallest absolute Gasteiger partial charge is 0.240 e. The number of methoxy groups -OCH3 is 1. The molecule has 1 aliphatic rings.